The van der Waals surface area contributed by atoms with Gasteiger partial charge in [0, 0.05) is 10.5 Å². The van der Waals surface area contributed by atoms with Crippen LogP contribution in [0.15, 0.2) is 40.9 Å². The van der Waals surface area contributed by atoms with Crippen LogP contribution in [0, 0.1) is 13.8 Å². The summed E-state index contributed by atoms with van der Waals surface area (Å²) >= 11 is 3.53. The van der Waals surface area contributed by atoms with E-state index in [1.54, 1.807) is 0 Å². The fraction of sp³-hybridized carbons (Fsp3) is 0.250. The molecule has 0 aliphatic rings. The average molecular weight is 320 g/mol. The van der Waals surface area contributed by atoms with Gasteiger partial charge in [0.1, 0.15) is 11.5 Å². The third-order valence-electron chi connectivity index (χ3n) is 3.18. The highest BCUT2D eigenvalue weighted by molar-refractivity contribution is 9.10. The second-order valence-electron chi connectivity index (χ2n) is 4.82. The molecule has 0 heterocycles. The minimum Gasteiger partial charge on any atom is -0.457 e. The van der Waals surface area contributed by atoms with Crippen molar-refractivity contribution in [2.75, 3.05) is 0 Å². The maximum atomic E-state index is 5.88. The average Bonchev–Trinajstić information content (AvgIpc) is 2.33. The molecule has 0 saturated heterocycles. The second kappa shape index (κ2) is 5.76. The molecule has 0 aromatic heterocycles. The molecule has 3 heteroatoms. The first-order valence-corrected chi connectivity index (χ1v) is 7.07. The first kappa shape index (κ1) is 14.1. The van der Waals surface area contributed by atoms with Gasteiger partial charge in [-0.1, -0.05) is 28.1 Å². The van der Waals surface area contributed by atoms with E-state index < -0.39 is 0 Å². The zero-order valence-corrected chi connectivity index (χ0v) is 13.0. The van der Waals surface area contributed by atoms with Gasteiger partial charge in [-0.3, -0.25) is 0 Å². The normalized spacial score (nSPS) is 12.3. The van der Waals surface area contributed by atoms with Crippen molar-refractivity contribution in [3.8, 4) is 11.5 Å². The van der Waals surface area contributed by atoms with Crippen molar-refractivity contribution in [2.24, 2.45) is 5.73 Å². The lowest BCUT2D eigenvalue weighted by molar-refractivity contribution is 0.481. The number of aryl methyl sites for hydroxylation is 2. The number of benzene rings is 2. The molecule has 0 saturated carbocycles. The van der Waals surface area contributed by atoms with E-state index in [4.69, 9.17) is 10.5 Å². The Balaban J connectivity index is 2.24. The number of ether oxygens (including phenoxy) is 1. The summed E-state index contributed by atoms with van der Waals surface area (Å²) in [5.41, 5.74) is 9.45. The fourth-order valence-corrected chi connectivity index (χ4v) is 2.57. The Morgan fingerprint density at radius 3 is 2.21 bits per heavy atom. The van der Waals surface area contributed by atoms with Gasteiger partial charge in [0.2, 0.25) is 0 Å². The molecule has 2 nitrogen and oxygen atoms in total. The largest absolute Gasteiger partial charge is 0.457 e. The van der Waals surface area contributed by atoms with Crippen LogP contribution in [0.4, 0.5) is 0 Å². The minimum absolute atomic E-state index is 0.00467. The van der Waals surface area contributed by atoms with Gasteiger partial charge in [-0.05, 0) is 61.7 Å². The molecule has 0 fully saturated rings. The number of nitrogens with two attached hydrogens (primary N) is 1. The Labute approximate surface area is 122 Å². The topological polar surface area (TPSA) is 35.2 Å². The van der Waals surface area contributed by atoms with E-state index >= 15 is 0 Å². The standard InChI is InChI=1S/C16H18BrNO/c1-10-4-5-13(8-11(10)2)19-14-6-7-15(12(3)18)16(17)9-14/h4-9,12H,18H2,1-3H3/t12-/m0/s1. The van der Waals surface area contributed by atoms with Crippen LogP contribution in [0.1, 0.15) is 29.7 Å². The molecule has 0 radical (unpaired) electrons. The Bertz CT molecular complexity index is 593. The van der Waals surface area contributed by atoms with E-state index in [-0.39, 0.29) is 6.04 Å². The molecule has 0 unspecified atom stereocenters. The summed E-state index contributed by atoms with van der Waals surface area (Å²) in [6.07, 6.45) is 0. The Kier molecular flexibility index (Phi) is 4.27. The zero-order chi connectivity index (χ0) is 14.0. The van der Waals surface area contributed by atoms with Crippen LogP contribution in [-0.2, 0) is 0 Å². The van der Waals surface area contributed by atoms with Crippen LogP contribution >= 0.6 is 15.9 Å². The minimum atomic E-state index is 0.00467. The van der Waals surface area contributed by atoms with Gasteiger partial charge in [-0.15, -0.1) is 0 Å². The van der Waals surface area contributed by atoms with Crippen molar-refractivity contribution >= 4 is 15.9 Å². The monoisotopic (exact) mass is 319 g/mol. The molecule has 0 amide bonds. The molecule has 2 aromatic rings. The molecule has 0 bridgehead atoms. The molecule has 0 spiro atoms. The summed E-state index contributed by atoms with van der Waals surface area (Å²) in [5.74, 6) is 1.66. The van der Waals surface area contributed by atoms with Gasteiger partial charge in [-0.2, -0.15) is 0 Å². The van der Waals surface area contributed by atoms with Crippen LogP contribution in [0.25, 0.3) is 0 Å². The van der Waals surface area contributed by atoms with Gasteiger partial charge in [0.25, 0.3) is 0 Å². The van der Waals surface area contributed by atoms with Crippen molar-refractivity contribution < 1.29 is 4.74 Å². The van der Waals surface area contributed by atoms with E-state index in [0.29, 0.717) is 0 Å². The van der Waals surface area contributed by atoms with Gasteiger partial charge < -0.3 is 10.5 Å². The van der Waals surface area contributed by atoms with Crippen molar-refractivity contribution in [1.82, 2.24) is 0 Å². The summed E-state index contributed by atoms with van der Waals surface area (Å²) in [6, 6.07) is 12.0. The highest BCUT2D eigenvalue weighted by Crippen LogP contribution is 2.30. The third-order valence-corrected chi connectivity index (χ3v) is 3.86. The summed E-state index contributed by atoms with van der Waals surface area (Å²) in [5, 5.41) is 0. The van der Waals surface area contributed by atoms with Gasteiger partial charge in [0.15, 0.2) is 0 Å². The second-order valence-corrected chi connectivity index (χ2v) is 5.67. The molecular formula is C16H18BrNO. The van der Waals surface area contributed by atoms with Crippen molar-refractivity contribution in [2.45, 2.75) is 26.8 Å². The number of hydrogen-bond acceptors (Lipinski definition) is 2. The molecule has 2 N–H and O–H groups in total. The van der Waals surface area contributed by atoms with E-state index in [1.807, 2.05) is 37.3 Å². The lowest BCUT2D eigenvalue weighted by Crippen LogP contribution is -2.05. The number of hydrogen-bond donors (Lipinski definition) is 1. The molecule has 0 aliphatic carbocycles. The van der Waals surface area contributed by atoms with Crippen LogP contribution in [-0.4, -0.2) is 0 Å². The Morgan fingerprint density at radius 2 is 1.63 bits per heavy atom. The molecule has 2 aromatic carbocycles. The predicted octanol–water partition coefficient (Wildman–Crippen LogP) is 4.88. The van der Waals surface area contributed by atoms with Crippen molar-refractivity contribution in [3.63, 3.8) is 0 Å². The number of rotatable bonds is 3. The van der Waals surface area contributed by atoms with E-state index in [1.165, 1.54) is 11.1 Å². The van der Waals surface area contributed by atoms with Crippen LogP contribution in [0.3, 0.4) is 0 Å². The van der Waals surface area contributed by atoms with Crippen LogP contribution < -0.4 is 10.5 Å². The lowest BCUT2D eigenvalue weighted by Gasteiger charge is -2.12. The summed E-state index contributed by atoms with van der Waals surface area (Å²) in [7, 11) is 0. The van der Waals surface area contributed by atoms with Gasteiger partial charge >= 0.3 is 0 Å². The Morgan fingerprint density at radius 1 is 1.00 bits per heavy atom. The molecule has 19 heavy (non-hydrogen) atoms. The summed E-state index contributed by atoms with van der Waals surface area (Å²) in [4.78, 5) is 0. The van der Waals surface area contributed by atoms with Crippen LogP contribution in [0.2, 0.25) is 0 Å². The summed E-state index contributed by atoms with van der Waals surface area (Å²) in [6.45, 7) is 6.13. The summed E-state index contributed by atoms with van der Waals surface area (Å²) < 4.78 is 6.83. The Hall–Kier alpha value is -1.32. The molecule has 1 atom stereocenters. The molecule has 2 rings (SSSR count). The van der Waals surface area contributed by atoms with Gasteiger partial charge in [0.05, 0.1) is 0 Å². The van der Waals surface area contributed by atoms with Gasteiger partial charge in [-0.25, -0.2) is 0 Å². The predicted molar refractivity (Wildman–Crippen MR) is 82.7 cm³/mol. The lowest BCUT2D eigenvalue weighted by atomic mass is 10.1. The van der Waals surface area contributed by atoms with E-state index in [9.17, 15) is 0 Å². The molecule has 0 aliphatic heterocycles. The number of halogens is 1. The highest BCUT2D eigenvalue weighted by Gasteiger charge is 2.07. The smallest absolute Gasteiger partial charge is 0.128 e. The van der Waals surface area contributed by atoms with E-state index in [2.05, 4.69) is 35.8 Å². The van der Waals surface area contributed by atoms with Crippen molar-refractivity contribution in [3.05, 3.63) is 57.6 Å². The van der Waals surface area contributed by atoms with Crippen LogP contribution in [0.5, 0.6) is 11.5 Å². The fourth-order valence-electron chi connectivity index (χ4n) is 1.85. The SMILES string of the molecule is Cc1ccc(Oc2ccc([C@H](C)N)c(Br)c2)cc1C. The van der Waals surface area contributed by atoms with E-state index in [0.717, 1.165) is 21.5 Å². The molecular weight excluding hydrogens is 302 g/mol. The maximum Gasteiger partial charge on any atom is 0.128 e. The first-order valence-electron chi connectivity index (χ1n) is 6.27. The zero-order valence-electron chi connectivity index (χ0n) is 11.4. The first-order chi connectivity index (χ1) is 8.97. The third kappa shape index (κ3) is 3.37. The highest BCUT2D eigenvalue weighted by atomic mass is 79.9. The van der Waals surface area contributed by atoms with Crippen molar-refractivity contribution in [1.29, 1.82) is 0 Å². The quantitative estimate of drug-likeness (QED) is 0.875. The molecule has 100 valence electrons. The maximum absolute atomic E-state index is 5.88.